The van der Waals surface area contributed by atoms with Crippen LogP contribution in [0.4, 0.5) is 5.13 Å². The average Bonchev–Trinajstić information content (AvgIpc) is 3.32. The van der Waals surface area contributed by atoms with Gasteiger partial charge in [0, 0.05) is 21.6 Å². The van der Waals surface area contributed by atoms with Gasteiger partial charge in [-0.25, -0.2) is 14.9 Å². The molecule has 3 aromatic rings. The predicted molar refractivity (Wildman–Crippen MR) is 111 cm³/mol. The van der Waals surface area contributed by atoms with Crippen molar-refractivity contribution in [3.63, 3.8) is 0 Å². The molecule has 0 saturated heterocycles. The summed E-state index contributed by atoms with van der Waals surface area (Å²) < 4.78 is 6.14. The molecule has 1 aliphatic heterocycles. The summed E-state index contributed by atoms with van der Waals surface area (Å²) >= 11 is 4.83. The van der Waals surface area contributed by atoms with Crippen molar-refractivity contribution in [2.75, 3.05) is 12.0 Å². The van der Waals surface area contributed by atoms with Crippen LogP contribution in [0.2, 0.25) is 0 Å². The first-order valence-corrected chi connectivity index (χ1v) is 9.77. The molecule has 2 aromatic carbocycles. The number of halogens is 1. The Morgan fingerprint density at radius 3 is 2.48 bits per heavy atom. The van der Waals surface area contributed by atoms with Crippen LogP contribution in [0.1, 0.15) is 11.1 Å². The van der Waals surface area contributed by atoms with Gasteiger partial charge in [0.25, 0.3) is 5.91 Å². The Bertz CT molecular complexity index is 1030. The molecule has 0 unspecified atom stereocenters. The monoisotopic (exact) mass is 439 g/mol. The van der Waals surface area contributed by atoms with Crippen LogP contribution < -0.4 is 9.64 Å². The number of nitrogens with zero attached hydrogens (tertiary/aromatic N) is 3. The van der Waals surface area contributed by atoms with E-state index in [2.05, 4.69) is 25.9 Å². The van der Waals surface area contributed by atoms with Crippen molar-refractivity contribution in [3.8, 4) is 5.75 Å². The summed E-state index contributed by atoms with van der Waals surface area (Å²) in [7, 11) is 1.62. The van der Waals surface area contributed by atoms with E-state index in [0.717, 1.165) is 21.3 Å². The van der Waals surface area contributed by atoms with Crippen molar-refractivity contribution in [1.82, 2.24) is 4.98 Å². The zero-order valence-corrected chi connectivity index (χ0v) is 16.7. The summed E-state index contributed by atoms with van der Waals surface area (Å²) in [5.41, 5.74) is 2.09. The molecule has 7 heteroatoms. The Morgan fingerprint density at radius 2 is 1.85 bits per heavy atom. The Morgan fingerprint density at radius 1 is 1.11 bits per heavy atom. The molecule has 2 heterocycles. The summed E-state index contributed by atoms with van der Waals surface area (Å²) in [6.07, 6.45) is 3.45. The van der Waals surface area contributed by atoms with Crippen LogP contribution in [0.5, 0.6) is 5.75 Å². The maximum atomic E-state index is 13.1. The highest BCUT2D eigenvalue weighted by Gasteiger charge is 2.33. The fourth-order valence-corrected chi connectivity index (χ4v) is 3.58. The van der Waals surface area contributed by atoms with Gasteiger partial charge < -0.3 is 4.74 Å². The molecule has 0 radical (unpaired) electrons. The number of anilines is 1. The number of hydrogen-bond donors (Lipinski definition) is 0. The molecule has 0 saturated carbocycles. The first-order valence-electron chi connectivity index (χ1n) is 8.10. The highest BCUT2D eigenvalue weighted by atomic mass is 79.9. The number of aliphatic imine (C=N–C) groups is 1. The number of benzene rings is 2. The number of thiazole rings is 1. The summed E-state index contributed by atoms with van der Waals surface area (Å²) in [5.74, 6) is 1.14. The summed E-state index contributed by atoms with van der Waals surface area (Å²) in [4.78, 5) is 23.5. The lowest BCUT2D eigenvalue weighted by molar-refractivity contribution is -0.113. The smallest absolute Gasteiger partial charge is 0.284 e. The SMILES string of the molecule is COc1ccc(/C=C2\N=C(c3ccc(Br)cc3)N(c3nccs3)C2=O)cc1. The molecule has 134 valence electrons. The maximum Gasteiger partial charge on any atom is 0.284 e. The van der Waals surface area contributed by atoms with E-state index in [-0.39, 0.29) is 5.91 Å². The van der Waals surface area contributed by atoms with E-state index in [1.807, 2.05) is 53.9 Å². The fraction of sp³-hybridized carbons (Fsp3) is 0.0500. The molecule has 0 spiro atoms. The zero-order chi connectivity index (χ0) is 18.8. The lowest BCUT2D eigenvalue weighted by atomic mass is 10.2. The highest BCUT2D eigenvalue weighted by molar-refractivity contribution is 9.10. The van der Waals surface area contributed by atoms with Gasteiger partial charge in [0.1, 0.15) is 17.3 Å². The van der Waals surface area contributed by atoms with Crippen molar-refractivity contribution < 1.29 is 9.53 Å². The van der Waals surface area contributed by atoms with E-state index in [9.17, 15) is 4.79 Å². The van der Waals surface area contributed by atoms with Crippen molar-refractivity contribution in [3.05, 3.63) is 81.4 Å². The molecule has 4 rings (SSSR count). The Kier molecular flexibility index (Phi) is 4.87. The molecular weight excluding hydrogens is 426 g/mol. The number of amides is 1. The number of ether oxygens (including phenoxy) is 1. The lowest BCUT2D eigenvalue weighted by Crippen LogP contribution is -2.32. The van der Waals surface area contributed by atoms with Crippen LogP contribution in [0.3, 0.4) is 0 Å². The van der Waals surface area contributed by atoms with Crippen LogP contribution in [0, 0.1) is 0 Å². The number of carbonyl (C=O) groups is 1. The lowest BCUT2D eigenvalue weighted by Gasteiger charge is -2.14. The second-order valence-corrected chi connectivity index (χ2v) is 7.49. The molecule has 27 heavy (non-hydrogen) atoms. The third-order valence-corrected chi connectivity index (χ3v) is 5.28. The van der Waals surface area contributed by atoms with Gasteiger partial charge in [-0.15, -0.1) is 11.3 Å². The number of aromatic nitrogens is 1. The van der Waals surface area contributed by atoms with Gasteiger partial charge in [0.15, 0.2) is 5.13 Å². The van der Waals surface area contributed by atoms with Crippen molar-refractivity contribution in [1.29, 1.82) is 0 Å². The summed E-state index contributed by atoms with van der Waals surface area (Å²) in [5, 5.41) is 2.44. The minimum atomic E-state index is -0.196. The number of methoxy groups -OCH3 is 1. The number of rotatable bonds is 4. The molecule has 1 aromatic heterocycles. The third-order valence-electron chi connectivity index (χ3n) is 3.99. The summed E-state index contributed by atoms with van der Waals surface area (Å²) in [6.45, 7) is 0. The molecule has 0 N–H and O–H groups in total. The van der Waals surface area contributed by atoms with E-state index in [0.29, 0.717) is 16.7 Å². The van der Waals surface area contributed by atoms with Gasteiger partial charge in [-0.3, -0.25) is 4.79 Å². The highest BCUT2D eigenvalue weighted by Crippen LogP contribution is 2.29. The number of hydrogen-bond acceptors (Lipinski definition) is 5. The summed E-state index contributed by atoms with van der Waals surface area (Å²) in [6, 6.07) is 15.2. The first kappa shape index (κ1) is 17.6. The van der Waals surface area contributed by atoms with E-state index in [1.54, 1.807) is 24.3 Å². The maximum absolute atomic E-state index is 13.1. The van der Waals surface area contributed by atoms with Crippen LogP contribution in [0.15, 0.2) is 75.3 Å². The van der Waals surface area contributed by atoms with Crippen molar-refractivity contribution in [2.24, 2.45) is 4.99 Å². The third kappa shape index (κ3) is 3.56. The first-order chi connectivity index (χ1) is 13.2. The van der Waals surface area contributed by atoms with E-state index >= 15 is 0 Å². The molecule has 0 aliphatic carbocycles. The van der Waals surface area contributed by atoms with Crippen LogP contribution in [0.25, 0.3) is 6.08 Å². The number of carbonyl (C=O) groups excluding carboxylic acids is 1. The Balaban J connectivity index is 1.77. The van der Waals surface area contributed by atoms with E-state index in [4.69, 9.17) is 4.74 Å². The molecular formula is C20H14BrN3O2S. The fourth-order valence-electron chi connectivity index (χ4n) is 2.67. The van der Waals surface area contributed by atoms with E-state index < -0.39 is 0 Å². The second-order valence-electron chi connectivity index (χ2n) is 5.70. The molecule has 1 aliphatic rings. The Labute approximate surface area is 168 Å². The van der Waals surface area contributed by atoms with Crippen LogP contribution in [-0.2, 0) is 4.79 Å². The molecule has 1 amide bonds. The Hall–Kier alpha value is -2.77. The second kappa shape index (κ2) is 7.46. The van der Waals surface area contributed by atoms with E-state index in [1.165, 1.54) is 11.3 Å². The number of amidine groups is 1. The molecule has 5 nitrogen and oxygen atoms in total. The molecule has 0 bridgehead atoms. The molecule has 0 fully saturated rings. The van der Waals surface area contributed by atoms with Crippen LogP contribution in [-0.4, -0.2) is 23.8 Å². The molecule has 0 atom stereocenters. The van der Waals surface area contributed by atoms with Crippen LogP contribution >= 0.6 is 27.3 Å². The standard InChI is InChI=1S/C20H14BrN3O2S/c1-26-16-8-2-13(3-9-16)12-17-19(25)24(20-22-10-11-27-20)18(23-17)14-4-6-15(21)7-5-14/h2-12H,1H3/b17-12-. The topological polar surface area (TPSA) is 54.8 Å². The van der Waals surface area contributed by atoms with Gasteiger partial charge in [-0.2, -0.15) is 0 Å². The average molecular weight is 440 g/mol. The normalized spacial score (nSPS) is 15.3. The predicted octanol–water partition coefficient (Wildman–Crippen LogP) is 4.75. The largest absolute Gasteiger partial charge is 0.497 e. The van der Waals surface area contributed by atoms with Crippen molar-refractivity contribution in [2.45, 2.75) is 0 Å². The minimum absolute atomic E-state index is 0.196. The van der Waals surface area contributed by atoms with Gasteiger partial charge in [0.05, 0.1) is 7.11 Å². The van der Waals surface area contributed by atoms with Crippen molar-refractivity contribution >= 4 is 50.2 Å². The quantitative estimate of drug-likeness (QED) is 0.551. The van der Waals surface area contributed by atoms with Gasteiger partial charge >= 0.3 is 0 Å². The van der Waals surface area contributed by atoms with Gasteiger partial charge in [-0.1, -0.05) is 40.2 Å². The van der Waals surface area contributed by atoms with Gasteiger partial charge in [-0.05, 0) is 35.9 Å². The zero-order valence-electron chi connectivity index (χ0n) is 14.3. The minimum Gasteiger partial charge on any atom is -0.497 e. The van der Waals surface area contributed by atoms with Gasteiger partial charge in [0.2, 0.25) is 0 Å².